The van der Waals surface area contributed by atoms with E-state index in [-0.39, 0.29) is 23.5 Å². The van der Waals surface area contributed by atoms with Crippen molar-refractivity contribution in [3.63, 3.8) is 0 Å². The molecule has 3 aromatic carbocycles. The Morgan fingerprint density at radius 2 is 1.91 bits per heavy atom. The lowest BCUT2D eigenvalue weighted by Gasteiger charge is -2.09. The molecule has 5 heteroatoms. The van der Waals surface area contributed by atoms with E-state index in [0.29, 0.717) is 9.86 Å². The van der Waals surface area contributed by atoms with E-state index in [2.05, 4.69) is 15.9 Å². The Kier molecular flexibility index (Phi) is 4.30. The number of ether oxygens (including phenoxy) is 1. The van der Waals surface area contributed by atoms with E-state index >= 15 is 0 Å². The Hall–Kier alpha value is -2.40. The predicted molar refractivity (Wildman–Crippen MR) is 88.8 cm³/mol. The zero-order chi connectivity index (χ0) is 16.4. The molecular weight excluding hydrogens is 363 g/mol. The molecule has 0 aliphatic carbocycles. The van der Waals surface area contributed by atoms with Crippen LogP contribution in [-0.2, 0) is 11.3 Å². The molecule has 1 N–H and O–H groups in total. The molecule has 3 nitrogen and oxygen atoms in total. The first-order valence-corrected chi connectivity index (χ1v) is 7.67. The van der Waals surface area contributed by atoms with E-state index in [0.717, 1.165) is 5.39 Å². The van der Waals surface area contributed by atoms with Crippen molar-refractivity contribution in [2.75, 3.05) is 0 Å². The molecule has 0 bridgehead atoms. The molecule has 3 aromatic rings. The zero-order valence-corrected chi connectivity index (χ0v) is 13.5. The third kappa shape index (κ3) is 3.19. The Bertz CT molecular complexity index is 893. The first-order chi connectivity index (χ1) is 11.1. The van der Waals surface area contributed by atoms with Gasteiger partial charge in [-0.25, -0.2) is 9.18 Å². The number of carbonyl (C=O) groups excluding carboxylic acids is 1. The van der Waals surface area contributed by atoms with Crippen molar-refractivity contribution < 1.29 is 19.0 Å². The summed E-state index contributed by atoms with van der Waals surface area (Å²) >= 11 is 3.16. The molecule has 0 unspecified atom stereocenters. The fraction of sp³-hybridized carbons (Fsp3) is 0.0556. The highest BCUT2D eigenvalue weighted by molar-refractivity contribution is 9.10. The minimum Gasteiger partial charge on any atom is -0.506 e. The van der Waals surface area contributed by atoms with Crippen LogP contribution in [0.4, 0.5) is 4.39 Å². The van der Waals surface area contributed by atoms with Gasteiger partial charge >= 0.3 is 5.97 Å². The molecule has 0 fully saturated rings. The average Bonchev–Trinajstić information content (AvgIpc) is 2.54. The summed E-state index contributed by atoms with van der Waals surface area (Å²) in [5.74, 6) is -1.30. The SMILES string of the molecule is O=C(OCc1ccc(Br)cc1F)c1ccc2ccccc2c1O. The second kappa shape index (κ2) is 6.38. The maximum absolute atomic E-state index is 13.7. The van der Waals surface area contributed by atoms with Crippen molar-refractivity contribution >= 4 is 32.7 Å². The number of halogens is 2. The number of fused-ring (bicyclic) bond motifs is 1. The molecule has 116 valence electrons. The van der Waals surface area contributed by atoms with Gasteiger partial charge < -0.3 is 9.84 Å². The minimum absolute atomic E-state index is 0.0567. The van der Waals surface area contributed by atoms with Crippen molar-refractivity contribution in [3.05, 3.63) is 76.0 Å². The summed E-state index contributed by atoms with van der Waals surface area (Å²) in [6, 6.07) is 14.9. The molecule has 3 rings (SSSR count). The van der Waals surface area contributed by atoms with Crippen LogP contribution in [0.3, 0.4) is 0 Å². The summed E-state index contributed by atoms with van der Waals surface area (Å²) in [6.07, 6.45) is 0. The molecule has 0 heterocycles. The molecule has 23 heavy (non-hydrogen) atoms. The van der Waals surface area contributed by atoms with E-state index in [1.165, 1.54) is 18.2 Å². The highest BCUT2D eigenvalue weighted by Crippen LogP contribution is 2.29. The van der Waals surface area contributed by atoms with Crippen molar-refractivity contribution in [2.24, 2.45) is 0 Å². The van der Waals surface area contributed by atoms with Crippen LogP contribution in [0.15, 0.2) is 59.1 Å². The molecule has 0 aliphatic heterocycles. The second-order valence-corrected chi connectivity index (χ2v) is 5.91. The Labute approximate surface area is 140 Å². The normalized spacial score (nSPS) is 10.7. The number of hydrogen-bond donors (Lipinski definition) is 1. The number of aromatic hydroxyl groups is 1. The zero-order valence-electron chi connectivity index (χ0n) is 11.9. The predicted octanol–water partition coefficient (Wildman–Crippen LogP) is 4.80. The number of rotatable bonds is 3. The summed E-state index contributed by atoms with van der Waals surface area (Å²) < 4.78 is 19.4. The van der Waals surface area contributed by atoms with Crippen molar-refractivity contribution in [1.29, 1.82) is 0 Å². The van der Waals surface area contributed by atoms with Gasteiger partial charge in [0.2, 0.25) is 0 Å². The van der Waals surface area contributed by atoms with Crippen LogP contribution in [0.2, 0.25) is 0 Å². The molecule has 0 saturated heterocycles. The summed E-state index contributed by atoms with van der Waals surface area (Å²) in [7, 11) is 0. The average molecular weight is 375 g/mol. The number of hydrogen-bond acceptors (Lipinski definition) is 3. The summed E-state index contributed by atoms with van der Waals surface area (Å²) in [5, 5.41) is 11.6. The number of phenols is 1. The van der Waals surface area contributed by atoms with Crippen LogP contribution in [0.25, 0.3) is 10.8 Å². The van der Waals surface area contributed by atoms with Crippen LogP contribution in [-0.4, -0.2) is 11.1 Å². The van der Waals surface area contributed by atoms with E-state index in [9.17, 15) is 14.3 Å². The molecule has 0 aliphatic rings. The number of esters is 1. The summed E-state index contributed by atoms with van der Waals surface area (Å²) in [4.78, 5) is 12.1. The fourth-order valence-corrected chi connectivity index (χ4v) is 2.61. The largest absolute Gasteiger partial charge is 0.506 e. The third-order valence-electron chi connectivity index (χ3n) is 3.49. The highest BCUT2D eigenvalue weighted by atomic mass is 79.9. The lowest BCUT2D eigenvalue weighted by molar-refractivity contribution is 0.0466. The standard InChI is InChI=1S/C18H12BrFO3/c19-13-7-5-12(16(20)9-13)10-23-18(22)15-8-6-11-3-1-2-4-14(11)17(15)21/h1-9,21H,10H2. The van der Waals surface area contributed by atoms with Gasteiger partial charge in [0.1, 0.15) is 23.7 Å². The monoisotopic (exact) mass is 374 g/mol. The number of phenolic OH excluding ortho intramolecular Hbond substituents is 1. The molecular formula is C18H12BrFO3. The van der Waals surface area contributed by atoms with Crippen LogP contribution < -0.4 is 0 Å². The van der Waals surface area contributed by atoms with E-state index in [1.807, 2.05) is 12.1 Å². The van der Waals surface area contributed by atoms with Crippen LogP contribution in [0.5, 0.6) is 5.75 Å². The maximum Gasteiger partial charge on any atom is 0.342 e. The molecule has 0 saturated carbocycles. The van der Waals surface area contributed by atoms with Gasteiger partial charge in [0.05, 0.1) is 0 Å². The highest BCUT2D eigenvalue weighted by Gasteiger charge is 2.16. The first kappa shape index (κ1) is 15.5. The van der Waals surface area contributed by atoms with Crippen molar-refractivity contribution in [2.45, 2.75) is 6.61 Å². The van der Waals surface area contributed by atoms with E-state index in [4.69, 9.17) is 4.74 Å². The van der Waals surface area contributed by atoms with Crippen LogP contribution >= 0.6 is 15.9 Å². The molecule has 0 atom stereocenters. The molecule has 0 aromatic heterocycles. The number of carbonyl (C=O) groups is 1. The van der Waals surface area contributed by atoms with Gasteiger partial charge in [-0.05, 0) is 23.6 Å². The molecule has 0 amide bonds. The van der Waals surface area contributed by atoms with E-state index < -0.39 is 11.8 Å². The van der Waals surface area contributed by atoms with Gasteiger partial charge in [0, 0.05) is 15.4 Å². The lowest BCUT2D eigenvalue weighted by atomic mass is 10.1. The molecule has 0 spiro atoms. The van der Waals surface area contributed by atoms with E-state index in [1.54, 1.807) is 24.3 Å². The second-order valence-electron chi connectivity index (χ2n) is 4.99. The summed E-state index contributed by atoms with van der Waals surface area (Å²) in [6.45, 7) is -0.204. The van der Waals surface area contributed by atoms with Crippen molar-refractivity contribution in [1.82, 2.24) is 0 Å². The maximum atomic E-state index is 13.7. The van der Waals surface area contributed by atoms with Gasteiger partial charge in [-0.15, -0.1) is 0 Å². The van der Waals surface area contributed by atoms with Gasteiger partial charge in [-0.1, -0.05) is 52.3 Å². The topological polar surface area (TPSA) is 46.5 Å². The Morgan fingerprint density at radius 3 is 2.70 bits per heavy atom. The minimum atomic E-state index is -0.699. The lowest BCUT2D eigenvalue weighted by Crippen LogP contribution is -2.06. The number of benzene rings is 3. The van der Waals surface area contributed by atoms with Gasteiger partial charge in [0.15, 0.2) is 0 Å². The van der Waals surface area contributed by atoms with Crippen molar-refractivity contribution in [3.8, 4) is 5.75 Å². The van der Waals surface area contributed by atoms with Gasteiger partial charge in [-0.3, -0.25) is 0 Å². The Morgan fingerprint density at radius 1 is 1.13 bits per heavy atom. The Balaban J connectivity index is 1.82. The molecule has 0 radical (unpaired) electrons. The van der Waals surface area contributed by atoms with Gasteiger partial charge in [0.25, 0.3) is 0 Å². The van der Waals surface area contributed by atoms with Gasteiger partial charge in [-0.2, -0.15) is 0 Å². The third-order valence-corrected chi connectivity index (χ3v) is 3.99. The quantitative estimate of drug-likeness (QED) is 0.669. The van der Waals surface area contributed by atoms with Crippen LogP contribution in [0, 0.1) is 5.82 Å². The smallest absolute Gasteiger partial charge is 0.342 e. The summed E-state index contributed by atoms with van der Waals surface area (Å²) in [5.41, 5.74) is 0.322. The van der Waals surface area contributed by atoms with Crippen LogP contribution in [0.1, 0.15) is 15.9 Å². The fourth-order valence-electron chi connectivity index (χ4n) is 2.28. The first-order valence-electron chi connectivity index (χ1n) is 6.88.